The number of hydrogen-bond acceptors (Lipinski definition) is 6. The summed E-state index contributed by atoms with van der Waals surface area (Å²) >= 11 is 0. The van der Waals surface area contributed by atoms with Crippen molar-refractivity contribution < 1.29 is 37.0 Å². The number of ether oxygens (including phenoxy) is 2. The minimum atomic E-state index is -4.76. The smallest absolute Gasteiger partial charge is 0.408 e. The first-order valence-electron chi connectivity index (χ1n) is 12.1. The summed E-state index contributed by atoms with van der Waals surface area (Å²) in [5, 5.41) is 20.6. The Morgan fingerprint density at radius 3 is 2.53 bits per heavy atom. The van der Waals surface area contributed by atoms with Gasteiger partial charge in [0.25, 0.3) is 0 Å². The summed E-state index contributed by atoms with van der Waals surface area (Å²) in [6.07, 6.45) is -7.07. The zero-order valence-corrected chi connectivity index (χ0v) is 22.1. The third kappa shape index (κ3) is 3.21. The molecule has 5 rings (SSSR count). The third-order valence-corrected chi connectivity index (χ3v) is 13.5. The van der Waals surface area contributed by atoms with E-state index in [4.69, 9.17) is 13.9 Å². The standard InChI is InChI=1S/C25H31F3N2O5Si/c1-22(2,3)36(5,6)34-19-18(31)24-9-10-33-21-17(24)16(23(19,4)35-24)20(32)30(21)14-8-7-13(12-29)15(11-14)25(26,27)28/h7-8,11,16-19,21,31H,9-10H2,1-6H3/t16-,17+,18+,19-,21+,23+,24-/m0/s1. The van der Waals surface area contributed by atoms with Gasteiger partial charge in [-0.2, -0.15) is 18.4 Å². The van der Waals surface area contributed by atoms with Crippen LogP contribution in [0.3, 0.4) is 0 Å². The molecule has 7 nitrogen and oxygen atoms in total. The maximum Gasteiger partial charge on any atom is 0.417 e. The lowest BCUT2D eigenvalue weighted by molar-refractivity contribution is -0.165. The van der Waals surface area contributed by atoms with Crippen LogP contribution in [0.2, 0.25) is 18.1 Å². The fourth-order valence-electron chi connectivity index (χ4n) is 6.33. The minimum absolute atomic E-state index is 0.00197. The van der Waals surface area contributed by atoms with Gasteiger partial charge in [0.05, 0.1) is 35.6 Å². The summed E-state index contributed by atoms with van der Waals surface area (Å²) in [4.78, 5) is 15.2. The number of amides is 1. The maximum absolute atomic E-state index is 13.9. The van der Waals surface area contributed by atoms with Crippen molar-refractivity contribution in [2.45, 2.75) is 88.1 Å². The molecule has 4 saturated heterocycles. The molecular weight excluding hydrogens is 493 g/mol. The molecule has 0 saturated carbocycles. The maximum atomic E-state index is 13.9. The van der Waals surface area contributed by atoms with Gasteiger partial charge in [-0.15, -0.1) is 0 Å². The number of rotatable bonds is 3. The van der Waals surface area contributed by atoms with Crippen molar-refractivity contribution in [3.63, 3.8) is 0 Å². The molecule has 0 aliphatic carbocycles. The van der Waals surface area contributed by atoms with Crippen LogP contribution in [0.5, 0.6) is 0 Å². The molecule has 4 heterocycles. The summed E-state index contributed by atoms with van der Waals surface area (Å²) in [5.41, 5.74) is -3.90. The highest BCUT2D eigenvalue weighted by Gasteiger charge is 2.82. The van der Waals surface area contributed by atoms with Crippen LogP contribution in [0.15, 0.2) is 18.2 Å². The average Bonchev–Trinajstić information content (AvgIpc) is 3.30. The van der Waals surface area contributed by atoms with Crippen LogP contribution in [-0.2, 0) is 24.9 Å². The van der Waals surface area contributed by atoms with Gasteiger partial charge in [0.15, 0.2) is 8.32 Å². The number of alkyl halides is 3. The van der Waals surface area contributed by atoms with Crippen molar-refractivity contribution in [1.29, 1.82) is 5.26 Å². The quantitative estimate of drug-likeness (QED) is 0.596. The molecule has 1 aromatic rings. The van der Waals surface area contributed by atoms with E-state index in [9.17, 15) is 28.3 Å². The Kier molecular flexibility index (Phi) is 5.38. The number of aliphatic hydroxyl groups is 1. The molecule has 1 N–H and O–H groups in total. The minimum Gasteiger partial charge on any atom is -0.408 e. The van der Waals surface area contributed by atoms with E-state index >= 15 is 0 Å². The van der Waals surface area contributed by atoms with Crippen LogP contribution in [0, 0.1) is 23.2 Å². The van der Waals surface area contributed by atoms with Crippen molar-refractivity contribution in [3.8, 4) is 6.07 Å². The first-order valence-corrected chi connectivity index (χ1v) is 15.0. The Morgan fingerprint density at radius 2 is 1.94 bits per heavy atom. The van der Waals surface area contributed by atoms with Crippen LogP contribution < -0.4 is 4.90 Å². The van der Waals surface area contributed by atoms with Crippen LogP contribution in [-0.4, -0.2) is 55.6 Å². The molecule has 1 amide bonds. The van der Waals surface area contributed by atoms with E-state index in [1.54, 1.807) is 13.0 Å². The van der Waals surface area contributed by atoms with Gasteiger partial charge in [-0.1, -0.05) is 20.8 Å². The molecule has 4 aliphatic heterocycles. The molecule has 1 spiro atoms. The molecule has 7 atom stereocenters. The zero-order chi connectivity index (χ0) is 26.6. The lowest BCUT2D eigenvalue weighted by Crippen LogP contribution is -2.64. The highest BCUT2D eigenvalue weighted by molar-refractivity contribution is 6.74. The van der Waals surface area contributed by atoms with Gasteiger partial charge in [0.1, 0.15) is 29.6 Å². The van der Waals surface area contributed by atoms with Gasteiger partial charge < -0.3 is 19.0 Å². The Bertz CT molecular complexity index is 1160. The molecule has 36 heavy (non-hydrogen) atoms. The number of nitrogens with zero attached hydrogens (tertiary/aromatic N) is 2. The molecule has 196 valence electrons. The van der Waals surface area contributed by atoms with Crippen molar-refractivity contribution in [2.24, 2.45) is 11.8 Å². The summed E-state index contributed by atoms with van der Waals surface area (Å²) in [6.45, 7) is 12.3. The number of anilines is 1. The van der Waals surface area contributed by atoms with Crippen LogP contribution in [0.25, 0.3) is 0 Å². The van der Waals surface area contributed by atoms with Crippen LogP contribution in [0.1, 0.15) is 45.2 Å². The number of benzene rings is 1. The predicted octanol–water partition coefficient (Wildman–Crippen LogP) is 4.20. The SMILES string of the molecule is CC(C)(C)[Si](C)(C)O[C@H]1[C@@H](O)[C@]23CCO[C@@H]4[C@H]2[C@@H](C(=O)N4c2ccc(C#N)c(C(F)(F)F)c2)[C@@]1(C)O3. The lowest BCUT2D eigenvalue weighted by atomic mass is 9.63. The van der Waals surface area contributed by atoms with Crippen molar-refractivity contribution >= 4 is 19.9 Å². The Labute approximate surface area is 209 Å². The second kappa shape index (κ2) is 7.54. The highest BCUT2D eigenvalue weighted by Crippen LogP contribution is 2.66. The van der Waals surface area contributed by atoms with E-state index in [1.807, 2.05) is 0 Å². The molecule has 4 aliphatic rings. The highest BCUT2D eigenvalue weighted by atomic mass is 28.4. The normalized spacial score (nSPS) is 37.9. The van der Waals surface area contributed by atoms with Gasteiger partial charge in [-0.05, 0) is 43.3 Å². The second-order valence-corrected chi connectivity index (χ2v) is 16.8. The average molecular weight is 525 g/mol. The number of carbonyl (C=O) groups is 1. The van der Waals surface area contributed by atoms with Gasteiger partial charge in [-0.25, -0.2) is 0 Å². The van der Waals surface area contributed by atoms with Crippen LogP contribution in [0.4, 0.5) is 18.9 Å². The third-order valence-electron chi connectivity index (χ3n) is 9.08. The molecule has 0 radical (unpaired) electrons. The monoisotopic (exact) mass is 524 g/mol. The van der Waals surface area contributed by atoms with Crippen molar-refractivity contribution in [3.05, 3.63) is 29.3 Å². The molecule has 2 bridgehead atoms. The van der Waals surface area contributed by atoms with E-state index in [0.717, 1.165) is 12.1 Å². The molecule has 0 unspecified atom stereocenters. The summed E-state index contributed by atoms with van der Waals surface area (Å²) in [5.74, 6) is -1.75. The molecule has 4 fully saturated rings. The molecular formula is C25H31F3N2O5Si. The molecule has 1 aromatic carbocycles. The topological polar surface area (TPSA) is 92.0 Å². The Morgan fingerprint density at radius 1 is 1.28 bits per heavy atom. The number of carbonyl (C=O) groups excluding carboxylic acids is 1. The number of hydrogen-bond donors (Lipinski definition) is 1. The molecule has 0 aromatic heterocycles. The second-order valence-electron chi connectivity index (χ2n) is 12.0. The van der Waals surface area contributed by atoms with Gasteiger partial charge in [-0.3, -0.25) is 9.69 Å². The summed E-state index contributed by atoms with van der Waals surface area (Å²) in [7, 11) is -2.38. The Hall–Kier alpha value is -1.97. The first kappa shape index (κ1) is 25.7. The van der Waals surface area contributed by atoms with Crippen LogP contribution >= 0.6 is 0 Å². The van der Waals surface area contributed by atoms with Crippen molar-refractivity contribution in [2.75, 3.05) is 11.5 Å². The van der Waals surface area contributed by atoms with E-state index in [0.29, 0.717) is 6.42 Å². The largest absolute Gasteiger partial charge is 0.417 e. The Balaban J connectivity index is 1.58. The van der Waals surface area contributed by atoms with Gasteiger partial charge >= 0.3 is 6.18 Å². The predicted molar refractivity (Wildman–Crippen MR) is 125 cm³/mol. The number of halogens is 3. The van der Waals surface area contributed by atoms with Gasteiger partial charge in [0, 0.05) is 12.1 Å². The van der Waals surface area contributed by atoms with E-state index in [2.05, 4.69) is 33.9 Å². The fourth-order valence-corrected chi connectivity index (χ4v) is 7.68. The van der Waals surface area contributed by atoms with E-state index in [1.165, 1.54) is 11.0 Å². The van der Waals surface area contributed by atoms with Gasteiger partial charge in [0.2, 0.25) is 5.91 Å². The van der Waals surface area contributed by atoms with Crippen molar-refractivity contribution in [1.82, 2.24) is 0 Å². The fraction of sp³-hybridized carbons (Fsp3) is 0.680. The molecule has 11 heteroatoms. The zero-order valence-electron chi connectivity index (χ0n) is 21.1. The summed E-state index contributed by atoms with van der Waals surface area (Å²) in [6, 6.07) is 4.80. The number of fused-ring (bicyclic) bond motifs is 2. The van der Waals surface area contributed by atoms with E-state index in [-0.39, 0.29) is 17.3 Å². The lowest BCUT2D eigenvalue weighted by Gasteiger charge is -2.48. The number of aliphatic hydroxyl groups excluding tert-OH is 1. The first-order chi connectivity index (χ1) is 16.5. The number of nitriles is 1. The summed E-state index contributed by atoms with van der Waals surface area (Å²) < 4.78 is 60.2. The van der Waals surface area contributed by atoms with E-state index < -0.39 is 73.0 Å².